The Morgan fingerprint density at radius 1 is 1.14 bits per heavy atom. The topological polar surface area (TPSA) is 62.7 Å². The van der Waals surface area contributed by atoms with E-state index >= 15 is 0 Å². The van der Waals surface area contributed by atoms with E-state index in [2.05, 4.69) is 41.1 Å². The van der Waals surface area contributed by atoms with Crippen LogP contribution in [0.15, 0.2) is 60.8 Å². The summed E-state index contributed by atoms with van der Waals surface area (Å²) in [5.74, 6) is -0.316. The molecule has 4 rings (SSSR count). The van der Waals surface area contributed by atoms with Crippen LogP contribution in [0.3, 0.4) is 0 Å². The predicted molar refractivity (Wildman–Crippen MR) is 108 cm³/mol. The number of carboxylic acid groups (broad SMARTS) is 1. The Bertz CT molecular complexity index is 994. The number of pyridine rings is 1. The van der Waals surface area contributed by atoms with Gasteiger partial charge in [-0.3, -0.25) is 9.88 Å². The molecule has 1 aliphatic rings. The van der Waals surface area contributed by atoms with E-state index in [1.165, 1.54) is 11.1 Å². The molecule has 1 fully saturated rings. The van der Waals surface area contributed by atoms with Gasteiger partial charge in [-0.2, -0.15) is 0 Å². The van der Waals surface area contributed by atoms with Gasteiger partial charge >= 0.3 is 5.97 Å². The fourth-order valence-corrected chi connectivity index (χ4v) is 3.84. The summed E-state index contributed by atoms with van der Waals surface area (Å²) < 4.78 is 6.08. The van der Waals surface area contributed by atoms with Crippen LogP contribution in [0.1, 0.15) is 24.0 Å². The Morgan fingerprint density at radius 3 is 2.71 bits per heavy atom. The monoisotopic (exact) mass is 376 g/mol. The van der Waals surface area contributed by atoms with E-state index in [-0.39, 0.29) is 0 Å². The Morgan fingerprint density at radius 2 is 1.96 bits per heavy atom. The van der Waals surface area contributed by atoms with E-state index in [1.807, 2.05) is 24.3 Å². The van der Waals surface area contributed by atoms with Gasteiger partial charge in [0.2, 0.25) is 5.60 Å². The standard InChI is InChI=1S/C23H24N2O3/c1-17-4-2-5-18(14-17)16-25-12-9-23(10-13-25,22(26)27)28-20-7-8-21-19(15-20)6-3-11-24-21/h2-8,11,14-15H,9-10,12-13,16H2,1H3,(H,26,27). The smallest absolute Gasteiger partial charge is 0.348 e. The van der Waals surface area contributed by atoms with Gasteiger partial charge in [0.15, 0.2) is 0 Å². The Kier molecular flexibility index (Phi) is 5.01. The molecule has 5 heteroatoms. The van der Waals surface area contributed by atoms with E-state index in [9.17, 15) is 9.90 Å². The van der Waals surface area contributed by atoms with Gasteiger partial charge < -0.3 is 9.84 Å². The maximum absolute atomic E-state index is 12.1. The summed E-state index contributed by atoms with van der Waals surface area (Å²) in [5, 5.41) is 10.9. The number of hydrogen-bond acceptors (Lipinski definition) is 4. The largest absolute Gasteiger partial charge is 0.478 e. The average Bonchev–Trinajstić information content (AvgIpc) is 2.69. The molecule has 0 spiro atoms. The highest BCUT2D eigenvalue weighted by Gasteiger charge is 2.44. The average molecular weight is 376 g/mol. The number of ether oxygens (including phenoxy) is 1. The van der Waals surface area contributed by atoms with E-state index in [4.69, 9.17) is 4.74 Å². The predicted octanol–water partition coefficient (Wildman–Crippen LogP) is 4.04. The van der Waals surface area contributed by atoms with E-state index in [1.54, 1.807) is 12.3 Å². The molecule has 0 unspecified atom stereocenters. The summed E-state index contributed by atoms with van der Waals surface area (Å²) in [7, 11) is 0. The summed E-state index contributed by atoms with van der Waals surface area (Å²) in [6, 6.07) is 17.8. The first-order valence-corrected chi connectivity index (χ1v) is 9.59. The Hall–Kier alpha value is -2.92. The molecule has 0 saturated carbocycles. The van der Waals surface area contributed by atoms with Crippen molar-refractivity contribution >= 4 is 16.9 Å². The van der Waals surface area contributed by atoms with Gasteiger partial charge in [-0.15, -0.1) is 0 Å². The Labute approximate surface area is 164 Å². The molecule has 5 nitrogen and oxygen atoms in total. The van der Waals surface area contributed by atoms with Crippen molar-refractivity contribution in [3.05, 3.63) is 71.9 Å². The maximum Gasteiger partial charge on any atom is 0.348 e. The second kappa shape index (κ2) is 7.60. The number of nitrogens with zero attached hydrogens (tertiary/aromatic N) is 2. The van der Waals surface area contributed by atoms with Gasteiger partial charge in [0.05, 0.1) is 5.52 Å². The van der Waals surface area contributed by atoms with Crippen LogP contribution in [0.2, 0.25) is 0 Å². The summed E-state index contributed by atoms with van der Waals surface area (Å²) in [5.41, 5.74) is 2.18. The maximum atomic E-state index is 12.1. The zero-order valence-corrected chi connectivity index (χ0v) is 16.0. The van der Waals surface area contributed by atoms with Gasteiger partial charge in [0.25, 0.3) is 0 Å². The second-order valence-electron chi connectivity index (χ2n) is 7.52. The summed E-state index contributed by atoms with van der Waals surface area (Å²) in [4.78, 5) is 18.7. The molecule has 2 heterocycles. The third-order valence-corrected chi connectivity index (χ3v) is 5.43. The molecule has 1 N–H and O–H groups in total. The number of aliphatic carboxylic acids is 1. The minimum absolute atomic E-state index is 0.458. The van der Waals surface area contributed by atoms with Crippen molar-refractivity contribution in [1.82, 2.24) is 9.88 Å². The van der Waals surface area contributed by atoms with Crippen LogP contribution in [-0.4, -0.2) is 39.7 Å². The number of rotatable bonds is 5. The molecule has 0 atom stereocenters. The molecule has 144 valence electrons. The highest BCUT2D eigenvalue weighted by atomic mass is 16.5. The highest BCUT2D eigenvalue weighted by Crippen LogP contribution is 2.31. The molecule has 0 aliphatic carbocycles. The number of aryl methyl sites for hydroxylation is 1. The molecule has 1 aliphatic heterocycles. The van der Waals surface area contributed by atoms with Gasteiger partial charge in [-0.1, -0.05) is 35.9 Å². The van der Waals surface area contributed by atoms with Crippen molar-refractivity contribution in [2.45, 2.75) is 31.9 Å². The fourth-order valence-electron chi connectivity index (χ4n) is 3.84. The summed E-state index contributed by atoms with van der Waals surface area (Å²) >= 11 is 0. The third-order valence-electron chi connectivity index (χ3n) is 5.43. The molecule has 2 aromatic carbocycles. The number of carboxylic acids is 1. The quantitative estimate of drug-likeness (QED) is 0.728. The molecule has 1 saturated heterocycles. The third kappa shape index (κ3) is 3.85. The minimum atomic E-state index is -1.18. The number of fused-ring (bicyclic) bond motifs is 1. The minimum Gasteiger partial charge on any atom is -0.478 e. The molecular formula is C23H24N2O3. The van der Waals surface area contributed by atoms with Crippen LogP contribution >= 0.6 is 0 Å². The van der Waals surface area contributed by atoms with Crippen LogP contribution in [0.4, 0.5) is 0 Å². The molecule has 28 heavy (non-hydrogen) atoms. The second-order valence-corrected chi connectivity index (χ2v) is 7.52. The van der Waals surface area contributed by atoms with Gasteiger partial charge in [-0.05, 0) is 36.8 Å². The first kappa shape index (κ1) is 18.4. The molecule has 0 bridgehead atoms. The van der Waals surface area contributed by atoms with Crippen molar-refractivity contribution in [3.63, 3.8) is 0 Å². The van der Waals surface area contributed by atoms with Crippen molar-refractivity contribution in [3.8, 4) is 5.75 Å². The lowest BCUT2D eigenvalue weighted by Crippen LogP contribution is -2.53. The number of hydrogen-bond donors (Lipinski definition) is 1. The lowest BCUT2D eigenvalue weighted by molar-refractivity contribution is -0.159. The normalized spacial score (nSPS) is 16.8. The fraction of sp³-hybridized carbons (Fsp3) is 0.304. The number of carbonyl (C=O) groups is 1. The molecule has 0 amide bonds. The van der Waals surface area contributed by atoms with Crippen molar-refractivity contribution in [2.24, 2.45) is 0 Å². The molecule has 1 aromatic heterocycles. The van der Waals surface area contributed by atoms with Crippen LogP contribution in [0.5, 0.6) is 5.75 Å². The van der Waals surface area contributed by atoms with Crippen molar-refractivity contribution < 1.29 is 14.6 Å². The van der Waals surface area contributed by atoms with Gasteiger partial charge in [0.1, 0.15) is 5.75 Å². The summed E-state index contributed by atoms with van der Waals surface area (Å²) in [6.07, 6.45) is 2.66. The first-order chi connectivity index (χ1) is 13.5. The summed E-state index contributed by atoms with van der Waals surface area (Å²) in [6.45, 7) is 4.30. The van der Waals surface area contributed by atoms with E-state index in [0.29, 0.717) is 31.7 Å². The molecule has 3 aromatic rings. The lowest BCUT2D eigenvalue weighted by atomic mass is 9.90. The van der Waals surface area contributed by atoms with Crippen molar-refractivity contribution in [1.29, 1.82) is 0 Å². The van der Waals surface area contributed by atoms with E-state index in [0.717, 1.165) is 17.4 Å². The van der Waals surface area contributed by atoms with Gasteiger partial charge in [0, 0.05) is 44.1 Å². The lowest BCUT2D eigenvalue weighted by Gasteiger charge is -2.39. The highest BCUT2D eigenvalue weighted by molar-refractivity contribution is 5.81. The SMILES string of the molecule is Cc1cccc(CN2CCC(Oc3ccc4ncccc4c3)(C(=O)O)CC2)c1. The number of aromatic nitrogens is 1. The van der Waals surface area contributed by atoms with E-state index < -0.39 is 11.6 Å². The van der Waals surface area contributed by atoms with Crippen molar-refractivity contribution in [2.75, 3.05) is 13.1 Å². The van der Waals surface area contributed by atoms with Gasteiger partial charge in [-0.25, -0.2) is 4.79 Å². The zero-order valence-electron chi connectivity index (χ0n) is 16.0. The zero-order chi connectivity index (χ0) is 19.6. The van der Waals surface area contributed by atoms with Crippen LogP contribution in [0.25, 0.3) is 10.9 Å². The molecular weight excluding hydrogens is 352 g/mol. The number of likely N-dealkylation sites (tertiary alicyclic amines) is 1. The number of benzene rings is 2. The van der Waals surface area contributed by atoms with Crippen LogP contribution in [-0.2, 0) is 11.3 Å². The Balaban J connectivity index is 1.47. The molecule has 0 radical (unpaired) electrons. The van der Waals surface area contributed by atoms with Crippen LogP contribution < -0.4 is 4.74 Å². The number of piperidine rings is 1. The first-order valence-electron chi connectivity index (χ1n) is 9.59. The van der Waals surface area contributed by atoms with Crippen LogP contribution in [0, 0.1) is 6.92 Å².